The number of carbonyl (C=O) groups excluding carboxylic acids is 1. The number of hydrogen-bond acceptors (Lipinski definition) is 3. The predicted octanol–water partition coefficient (Wildman–Crippen LogP) is 2.85. The molecule has 1 amide bonds. The zero-order chi connectivity index (χ0) is 15.7. The highest BCUT2D eigenvalue weighted by molar-refractivity contribution is 5.96. The first-order chi connectivity index (χ1) is 10.1. The number of ether oxygens (including phenoxy) is 1. The summed E-state index contributed by atoms with van der Waals surface area (Å²) in [5.41, 5.74) is 0.409. The first kappa shape index (κ1) is 17.0. The fraction of sp³-hybridized carbons (Fsp3) is 0.500. The van der Waals surface area contributed by atoms with Gasteiger partial charge in [-0.05, 0) is 31.0 Å². The molecule has 0 aliphatic rings. The number of nitrogens with one attached hydrogen (secondary N) is 1. The molecule has 0 bridgehead atoms. The van der Waals surface area contributed by atoms with Crippen molar-refractivity contribution in [2.45, 2.75) is 45.6 Å². The zero-order valence-electron chi connectivity index (χ0n) is 12.6. The Morgan fingerprint density at radius 2 is 2.05 bits per heavy atom. The summed E-state index contributed by atoms with van der Waals surface area (Å²) in [6.45, 7) is 4.57. The predicted molar refractivity (Wildman–Crippen MR) is 80.6 cm³/mol. The summed E-state index contributed by atoms with van der Waals surface area (Å²) in [6, 6.07) is 5.92. The molecule has 5 nitrogen and oxygen atoms in total. The minimum absolute atomic E-state index is 0.388. The number of amides is 1. The van der Waals surface area contributed by atoms with Crippen LogP contribution in [0.3, 0.4) is 0 Å². The van der Waals surface area contributed by atoms with E-state index in [2.05, 4.69) is 5.32 Å². The maximum Gasteiger partial charge on any atom is 0.326 e. The molecule has 0 aliphatic heterocycles. The number of aliphatic carboxylic acids is 1. The van der Waals surface area contributed by atoms with Gasteiger partial charge in [0.2, 0.25) is 0 Å². The zero-order valence-corrected chi connectivity index (χ0v) is 12.6. The van der Waals surface area contributed by atoms with E-state index in [1.54, 1.807) is 24.3 Å². The SMILES string of the molecule is CCCC[C@H](NC(=O)c1cccc(OCCC)c1)C(=O)O. The second-order valence-corrected chi connectivity index (χ2v) is 4.88. The van der Waals surface area contributed by atoms with Crippen LogP contribution in [0.1, 0.15) is 49.9 Å². The average molecular weight is 293 g/mol. The number of unbranched alkanes of at least 4 members (excludes halogenated alkanes) is 1. The van der Waals surface area contributed by atoms with E-state index in [1.807, 2.05) is 13.8 Å². The van der Waals surface area contributed by atoms with Gasteiger partial charge in [-0.15, -0.1) is 0 Å². The lowest BCUT2D eigenvalue weighted by atomic mass is 10.1. The lowest BCUT2D eigenvalue weighted by Gasteiger charge is -2.14. The second-order valence-electron chi connectivity index (χ2n) is 4.88. The summed E-state index contributed by atoms with van der Waals surface area (Å²) in [6.07, 6.45) is 2.97. The van der Waals surface area contributed by atoms with Crippen molar-refractivity contribution < 1.29 is 19.4 Å². The van der Waals surface area contributed by atoms with E-state index in [4.69, 9.17) is 9.84 Å². The van der Waals surface area contributed by atoms with Crippen LogP contribution in [0.4, 0.5) is 0 Å². The first-order valence-corrected chi connectivity index (χ1v) is 7.35. The van der Waals surface area contributed by atoms with Crippen LogP contribution in [0.5, 0.6) is 5.75 Å². The van der Waals surface area contributed by atoms with E-state index in [-0.39, 0.29) is 5.91 Å². The van der Waals surface area contributed by atoms with Gasteiger partial charge in [-0.2, -0.15) is 0 Å². The summed E-state index contributed by atoms with van der Waals surface area (Å²) in [5.74, 6) is -0.777. The van der Waals surface area contributed by atoms with Gasteiger partial charge in [-0.3, -0.25) is 4.79 Å². The molecule has 0 heterocycles. The number of carboxylic acids is 1. The molecule has 0 aromatic heterocycles. The summed E-state index contributed by atoms with van der Waals surface area (Å²) in [7, 11) is 0. The van der Waals surface area contributed by atoms with Gasteiger partial charge in [0.15, 0.2) is 0 Å². The molecule has 0 unspecified atom stereocenters. The van der Waals surface area contributed by atoms with Crippen molar-refractivity contribution in [1.29, 1.82) is 0 Å². The number of hydrogen-bond donors (Lipinski definition) is 2. The van der Waals surface area contributed by atoms with Crippen LogP contribution in [0.25, 0.3) is 0 Å². The Balaban J connectivity index is 2.70. The molecule has 1 aromatic carbocycles. The smallest absolute Gasteiger partial charge is 0.326 e. The molecular formula is C16H23NO4. The Labute approximate surface area is 125 Å². The van der Waals surface area contributed by atoms with Crippen LogP contribution >= 0.6 is 0 Å². The maximum absolute atomic E-state index is 12.1. The molecule has 5 heteroatoms. The summed E-state index contributed by atoms with van der Waals surface area (Å²) in [4.78, 5) is 23.3. The molecule has 116 valence electrons. The molecule has 1 rings (SSSR count). The molecule has 1 aromatic rings. The molecule has 21 heavy (non-hydrogen) atoms. The summed E-state index contributed by atoms with van der Waals surface area (Å²) in [5, 5.41) is 11.7. The number of benzene rings is 1. The van der Waals surface area contributed by atoms with E-state index < -0.39 is 12.0 Å². The lowest BCUT2D eigenvalue weighted by Crippen LogP contribution is -2.40. The van der Waals surface area contributed by atoms with Gasteiger partial charge in [-0.1, -0.05) is 32.8 Å². The first-order valence-electron chi connectivity index (χ1n) is 7.35. The number of rotatable bonds is 9. The third-order valence-corrected chi connectivity index (χ3v) is 3.02. The van der Waals surface area contributed by atoms with E-state index in [0.717, 1.165) is 19.3 Å². The molecular weight excluding hydrogens is 270 g/mol. The third kappa shape index (κ3) is 5.85. The summed E-state index contributed by atoms with van der Waals surface area (Å²) < 4.78 is 5.47. The second kappa shape index (κ2) is 9.00. The van der Waals surface area contributed by atoms with E-state index in [1.165, 1.54) is 0 Å². The van der Waals surface area contributed by atoms with Gasteiger partial charge < -0.3 is 15.2 Å². The van der Waals surface area contributed by atoms with Crippen LogP contribution in [0.2, 0.25) is 0 Å². The molecule has 0 fully saturated rings. The van der Waals surface area contributed by atoms with Gasteiger partial charge in [0.1, 0.15) is 11.8 Å². The molecule has 0 saturated carbocycles. The van der Waals surface area contributed by atoms with E-state index in [9.17, 15) is 9.59 Å². The van der Waals surface area contributed by atoms with Crippen LogP contribution in [0, 0.1) is 0 Å². The fourth-order valence-corrected chi connectivity index (χ4v) is 1.85. The molecule has 1 atom stereocenters. The minimum atomic E-state index is -1.00. The highest BCUT2D eigenvalue weighted by Gasteiger charge is 2.20. The van der Waals surface area contributed by atoms with Gasteiger partial charge in [0.05, 0.1) is 6.61 Å². The van der Waals surface area contributed by atoms with E-state index in [0.29, 0.717) is 24.3 Å². The van der Waals surface area contributed by atoms with Crippen LogP contribution < -0.4 is 10.1 Å². The molecule has 0 radical (unpaired) electrons. The van der Waals surface area contributed by atoms with Gasteiger partial charge in [-0.25, -0.2) is 4.79 Å². The van der Waals surface area contributed by atoms with Crippen LogP contribution in [0.15, 0.2) is 24.3 Å². The highest BCUT2D eigenvalue weighted by Crippen LogP contribution is 2.14. The van der Waals surface area contributed by atoms with Gasteiger partial charge in [0, 0.05) is 5.56 Å². The van der Waals surface area contributed by atoms with Gasteiger partial charge in [0.25, 0.3) is 5.91 Å². The van der Waals surface area contributed by atoms with Crippen molar-refractivity contribution >= 4 is 11.9 Å². The fourth-order valence-electron chi connectivity index (χ4n) is 1.85. The molecule has 0 spiro atoms. The molecule has 2 N–H and O–H groups in total. The Morgan fingerprint density at radius 3 is 2.67 bits per heavy atom. The highest BCUT2D eigenvalue weighted by atomic mass is 16.5. The Hall–Kier alpha value is -2.04. The standard InChI is InChI=1S/C16H23NO4/c1-3-5-9-14(16(19)20)17-15(18)12-7-6-8-13(11-12)21-10-4-2/h6-8,11,14H,3-5,9-10H2,1-2H3,(H,17,18)(H,19,20)/t14-/m0/s1. The Kier molecular flexibility index (Phi) is 7.29. The van der Waals surface area contributed by atoms with Crippen molar-refractivity contribution in [3.8, 4) is 5.75 Å². The van der Waals surface area contributed by atoms with Crippen molar-refractivity contribution in [2.24, 2.45) is 0 Å². The largest absolute Gasteiger partial charge is 0.494 e. The van der Waals surface area contributed by atoms with E-state index >= 15 is 0 Å². The van der Waals surface area contributed by atoms with Crippen LogP contribution in [-0.2, 0) is 4.79 Å². The van der Waals surface area contributed by atoms with Gasteiger partial charge >= 0.3 is 5.97 Å². The van der Waals surface area contributed by atoms with Crippen molar-refractivity contribution in [3.63, 3.8) is 0 Å². The Morgan fingerprint density at radius 1 is 1.29 bits per heavy atom. The maximum atomic E-state index is 12.1. The molecule has 0 aliphatic carbocycles. The Bertz CT molecular complexity index is 473. The monoisotopic (exact) mass is 293 g/mol. The van der Waals surface area contributed by atoms with Crippen molar-refractivity contribution in [3.05, 3.63) is 29.8 Å². The van der Waals surface area contributed by atoms with Crippen molar-refractivity contribution in [2.75, 3.05) is 6.61 Å². The number of carboxylic acid groups (broad SMARTS) is 1. The van der Waals surface area contributed by atoms with Crippen LogP contribution in [-0.4, -0.2) is 29.6 Å². The third-order valence-electron chi connectivity index (χ3n) is 3.02. The summed E-state index contributed by atoms with van der Waals surface area (Å²) >= 11 is 0. The quantitative estimate of drug-likeness (QED) is 0.734. The topological polar surface area (TPSA) is 75.6 Å². The normalized spacial score (nSPS) is 11.7. The molecule has 0 saturated heterocycles. The van der Waals surface area contributed by atoms with Crippen molar-refractivity contribution in [1.82, 2.24) is 5.32 Å². The minimum Gasteiger partial charge on any atom is -0.494 e. The number of carbonyl (C=O) groups is 2. The average Bonchev–Trinajstić information content (AvgIpc) is 2.49. The lowest BCUT2D eigenvalue weighted by molar-refractivity contribution is -0.139.